The van der Waals surface area contributed by atoms with Gasteiger partial charge in [0.25, 0.3) is 5.92 Å². The first-order valence-electron chi connectivity index (χ1n) is 12.9. The Hall–Kier alpha value is -3.15. The van der Waals surface area contributed by atoms with E-state index in [1.54, 1.807) is 47.2 Å². The van der Waals surface area contributed by atoms with Crippen molar-refractivity contribution in [2.75, 3.05) is 44.8 Å². The number of rotatable bonds is 6. The van der Waals surface area contributed by atoms with Gasteiger partial charge in [0, 0.05) is 44.3 Å². The van der Waals surface area contributed by atoms with Crippen LogP contribution in [0.5, 0.6) is 0 Å². The van der Waals surface area contributed by atoms with Gasteiger partial charge < -0.3 is 9.64 Å². The van der Waals surface area contributed by atoms with Gasteiger partial charge in [-0.25, -0.2) is 26.3 Å². The third kappa shape index (κ3) is 4.66. The molecular weight excluding hydrogens is 529 g/mol. The Morgan fingerprint density at radius 2 is 1.72 bits per heavy atom. The SMILES string of the molecule is COC[C@]12Cc3cnn(-c4ccc(F)cc4)c3C=C1CCN(S(=O)(=O)c1ccc(N3CCC(F)(F)C3)cc1)C2. The number of piperidine rings is 1. The molecule has 3 heterocycles. The number of ether oxygens (including phenoxy) is 1. The fourth-order valence-corrected chi connectivity index (χ4v) is 7.55. The Morgan fingerprint density at radius 1 is 1.00 bits per heavy atom. The van der Waals surface area contributed by atoms with Crippen molar-refractivity contribution in [2.24, 2.45) is 5.41 Å². The molecule has 0 N–H and O–H groups in total. The predicted octanol–water partition coefficient (Wildman–Crippen LogP) is 4.52. The highest BCUT2D eigenvalue weighted by Gasteiger charge is 2.46. The molecule has 0 saturated carbocycles. The minimum absolute atomic E-state index is 0.137. The predicted molar refractivity (Wildman–Crippen MR) is 141 cm³/mol. The zero-order valence-corrected chi connectivity index (χ0v) is 22.3. The van der Waals surface area contributed by atoms with Crippen LogP contribution in [0.3, 0.4) is 0 Å². The molecule has 0 amide bonds. The van der Waals surface area contributed by atoms with Crippen LogP contribution >= 0.6 is 0 Å². The Bertz CT molecular complexity index is 1520. The van der Waals surface area contributed by atoms with Gasteiger partial charge in [-0.3, -0.25) is 0 Å². The van der Waals surface area contributed by atoms with E-state index >= 15 is 0 Å². The molecule has 0 radical (unpaired) electrons. The second-order valence-corrected chi connectivity index (χ2v) is 12.6. The summed E-state index contributed by atoms with van der Waals surface area (Å²) in [7, 11) is -2.21. The Kier molecular flexibility index (Phi) is 6.35. The van der Waals surface area contributed by atoms with Gasteiger partial charge in [-0.15, -0.1) is 0 Å². The van der Waals surface area contributed by atoms with Gasteiger partial charge in [-0.05, 0) is 73.0 Å². The first kappa shape index (κ1) is 26.1. The molecule has 3 aromatic rings. The van der Waals surface area contributed by atoms with E-state index in [-0.39, 0.29) is 36.8 Å². The molecular formula is C28H29F3N4O3S. The fraction of sp³-hybridized carbons (Fsp3) is 0.393. The second-order valence-electron chi connectivity index (χ2n) is 10.6. The van der Waals surface area contributed by atoms with E-state index in [4.69, 9.17) is 4.74 Å². The molecule has 2 saturated heterocycles. The van der Waals surface area contributed by atoms with E-state index in [2.05, 4.69) is 11.2 Å². The van der Waals surface area contributed by atoms with Gasteiger partial charge in [-0.1, -0.05) is 5.57 Å². The van der Waals surface area contributed by atoms with E-state index in [9.17, 15) is 21.6 Å². The van der Waals surface area contributed by atoms with Gasteiger partial charge >= 0.3 is 0 Å². The van der Waals surface area contributed by atoms with Crippen LogP contribution in [0.1, 0.15) is 24.1 Å². The molecule has 39 heavy (non-hydrogen) atoms. The molecule has 11 heteroatoms. The summed E-state index contributed by atoms with van der Waals surface area (Å²) in [4.78, 5) is 1.71. The van der Waals surface area contributed by atoms with Crippen LogP contribution in [0, 0.1) is 11.2 Å². The van der Waals surface area contributed by atoms with Crippen molar-refractivity contribution in [1.29, 1.82) is 0 Å². The summed E-state index contributed by atoms with van der Waals surface area (Å²) in [5, 5.41) is 4.54. The lowest BCUT2D eigenvalue weighted by Gasteiger charge is -2.45. The number of hydrogen-bond donors (Lipinski definition) is 0. The number of halogens is 3. The van der Waals surface area contributed by atoms with E-state index in [0.717, 1.165) is 22.5 Å². The number of alkyl halides is 2. The molecule has 2 aliphatic heterocycles. The smallest absolute Gasteiger partial charge is 0.266 e. The monoisotopic (exact) mass is 558 g/mol. The van der Waals surface area contributed by atoms with E-state index in [0.29, 0.717) is 31.7 Å². The number of sulfonamides is 1. The molecule has 6 rings (SSSR count). The highest BCUT2D eigenvalue weighted by Crippen LogP contribution is 2.45. The van der Waals surface area contributed by atoms with Crippen LogP contribution in [0.25, 0.3) is 11.8 Å². The normalized spacial score (nSPS) is 22.9. The molecule has 2 aromatic carbocycles. The third-order valence-corrected chi connectivity index (χ3v) is 9.88. The lowest BCUT2D eigenvalue weighted by Crippen LogP contribution is -2.51. The minimum Gasteiger partial charge on any atom is -0.384 e. The standard InChI is InChI=1S/C28H29F3N4O3S/c1-38-19-27-15-20-16-32-35(24-4-2-22(29)3-5-24)26(20)14-21(27)10-12-34(17-27)39(36,37)25-8-6-23(7-9-25)33-13-11-28(30,31)18-33/h2-9,14,16H,10-13,15,17-19H2,1H3/t27-/m1/s1. The molecule has 1 aromatic heterocycles. The maximum Gasteiger partial charge on any atom is 0.266 e. The molecule has 206 valence electrons. The highest BCUT2D eigenvalue weighted by atomic mass is 32.2. The van der Waals surface area contributed by atoms with Gasteiger partial charge in [0.1, 0.15) is 5.82 Å². The van der Waals surface area contributed by atoms with Crippen LogP contribution in [0.15, 0.2) is 65.2 Å². The van der Waals surface area contributed by atoms with E-state index in [1.165, 1.54) is 28.6 Å². The minimum atomic E-state index is -3.82. The van der Waals surface area contributed by atoms with Crippen LogP contribution in [0.4, 0.5) is 18.9 Å². The number of benzene rings is 2. The lowest BCUT2D eigenvalue weighted by atomic mass is 9.69. The van der Waals surface area contributed by atoms with Gasteiger partial charge in [0.05, 0.1) is 35.6 Å². The van der Waals surface area contributed by atoms with Crippen molar-refractivity contribution in [2.45, 2.75) is 30.1 Å². The van der Waals surface area contributed by atoms with Crippen molar-refractivity contribution >= 4 is 21.8 Å². The zero-order valence-electron chi connectivity index (χ0n) is 21.5. The van der Waals surface area contributed by atoms with Gasteiger partial charge in [0.2, 0.25) is 10.0 Å². The van der Waals surface area contributed by atoms with Crippen LogP contribution < -0.4 is 4.90 Å². The van der Waals surface area contributed by atoms with Crippen molar-refractivity contribution in [3.63, 3.8) is 0 Å². The number of aromatic nitrogens is 2. The van der Waals surface area contributed by atoms with Gasteiger partial charge in [0.15, 0.2) is 0 Å². The van der Waals surface area contributed by atoms with Crippen LogP contribution in [-0.2, 0) is 21.2 Å². The van der Waals surface area contributed by atoms with E-state index < -0.39 is 21.4 Å². The molecule has 0 unspecified atom stereocenters. The number of fused-ring (bicyclic) bond motifs is 2. The summed E-state index contributed by atoms with van der Waals surface area (Å²) in [6.07, 6.45) is 4.72. The number of hydrogen-bond acceptors (Lipinski definition) is 5. The number of nitrogens with zero attached hydrogens (tertiary/aromatic N) is 4. The molecule has 2 fully saturated rings. The Balaban J connectivity index is 1.26. The zero-order chi connectivity index (χ0) is 27.4. The topological polar surface area (TPSA) is 67.7 Å². The van der Waals surface area contributed by atoms with Gasteiger partial charge in [-0.2, -0.15) is 9.40 Å². The maximum absolute atomic E-state index is 13.7. The summed E-state index contributed by atoms with van der Waals surface area (Å²) >= 11 is 0. The van der Waals surface area contributed by atoms with E-state index in [1.807, 2.05) is 0 Å². The molecule has 1 aliphatic carbocycles. The average molecular weight is 559 g/mol. The molecule has 1 atom stereocenters. The molecule has 0 bridgehead atoms. The Labute approximate surface area is 225 Å². The first-order chi connectivity index (χ1) is 18.6. The van der Waals surface area contributed by atoms with Crippen molar-refractivity contribution in [3.8, 4) is 5.69 Å². The third-order valence-electron chi connectivity index (χ3n) is 8.02. The van der Waals surface area contributed by atoms with Crippen LogP contribution in [-0.4, -0.2) is 68.3 Å². The molecule has 0 spiro atoms. The summed E-state index contributed by atoms with van der Waals surface area (Å²) < 4.78 is 77.0. The second kappa shape index (κ2) is 9.50. The summed E-state index contributed by atoms with van der Waals surface area (Å²) in [6, 6.07) is 12.3. The first-order valence-corrected chi connectivity index (χ1v) is 14.3. The molecule has 3 aliphatic rings. The summed E-state index contributed by atoms with van der Waals surface area (Å²) in [6.45, 7) is 0.767. The quantitative estimate of drug-likeness (QED) is 0.445. The summed E-state index contributed by atoms with van der Waals surface area (Å²) in [5.74, 6) is -3.05. The number of methoxy groups -OCH3 is 1. The average Bonchev–Trinajstić information content (AvgIpc) is 3.49. The lowest BCUT2D eigenvalue weighted by molar-refractivity contribution is 0.0257. The van der Waals surface area contributed by atoms with Crippen molar-refractivity contribution < 1.29 is 26.3 Å². The largest absolute Gasteiger partial charge is 0.384 e. The van der Waals surface area contributed by atoms with Crippen molar-refractivity contribution in [3.05, 3.63) is 77.4 Å². The number of anilines is 1. The molecule has 7 nitrogen and oxygen atoms in total. The van der Waals surface area contributed by atoms with Crippen LogP contribution in [0.2, 0.25) is 0 Å². The fourth-order valence-electron chi connectivity index (χ4n) is 6.03. The highest BCUT2D eigenvalue weighted by molar-refractivity contribution is 7.89. The summed E-state index contributed by atoms with van der Waals surface area (Å²) in [5.41, 5.74) is 3.75. The van der Waals surface area contributed by atoms with Crippen molar-refractivity contribution in [1.82, 2.24) is 14.1 Å². The maximum atomic E-state index is 13.7. The Morgan fingerprint density at radius 3 is 2.38 bits per heavy atom.